The number of benzene rings is 1. The SMILES string of the molecule is COCCOC(=O)CCC(=O)NC(=S)Nc1ccc(CCC(=O)N(C)C)cc1. The van der Waals surface area contributed by atoms with Gasteiger partial charge in [-0.1, -0.05) is 12.1 Å². The number of carbonyl (C=O) groups excluding carboxylic acids is 3. The zero-order valence-corrected chi connectivity index (χ0v) is 17.3. The maximum Gasteiger partial charge on any atom is 0.306 e. The third kappa shape index (κ3) is 9.98. The van der Waals surface area contributed by atoms with Crippen LogP contribution in [-0.2, 0) is 30.3 Å². The average Bonchev–Trinajstić information content (AvgIpc) is 2.65. The smallest absolute Gasteiger partial charge is 0.306 e. The van der Waals surface area contributed by atoms with Crippen molar-refractivity contribution in [2.24, 2.45) is 0 Å². The topological polar surface area (TPSA) is 97.0 Å². The van der Waals surface area contributed by atoms with Gasteiger partial charge in [-0.3, -0.25) is 14.4 Å². The van der Waals surface area contributed by atoms with Crippen molar-refractivity contribution in [3.63, 3.8) is 0 Å². The molecule has 0 spiro atoms. The fourth-order valence-corrected chi connectivity index (χ4v) is 2.34. The Morgan fingerprint density at radius 2 is 1.71 bits per heavy atom. The predicted molar refractivity (Wildman–Crippen MR) is 110 cm³/mol. The van der Waals surface area contributed by atoms with Crippen molar-refractivity contribution in [1.29, 1.82) is 0 Å². The Labute approximate surface area is 170 Å². The lowest BCUT2D eigenvalue weighted by atomic mass is 10.1. The maximum absolute atomic E-state index is 11.8. The molecule has 1 aromatic carbocycles. The molecule has 0 unspecified atom stereocenters. The highest BCUT2D eigenvalue weighted by molar-refractivity contribution is 7.80. The van der Waals surface area contributed by atoms with E-state index in [1.807, 2.05) is 24.3 Å². The average molecular weight is 410 g/mol. The number of hydrogen-bond donors (Lipinski definition) is 2. The second kappa shape index (κ2) is 12.8. The Balaban J connectivity index is 2.33. The number of methoxy groups -OCH3 is 1. The third-order valence-electron chi connectivity index (χ3n) is 3.70. The lowest BCUT2D eigenvalue weighted by Crippen LogP contribution is -2.34. The standard InChI is InChI=1S/C19H27N3O5S/c1-22(2)17(24)10-6-14-4-7-15(8-5-14)20-19(28)21-16(23)9-11-18(25)27-13-12-26-3/h4-5,7-8H,6,9-13H2,1-3H3,(H2,20,21,23,28). The van der Waals surface area contributed by atoms with Crippen molar-refractivity contribution in [3.8, 4) is 0 Å². The number of nitrogens with one attached hydrogen (secondary N) is 2. The molecule has 0 bridgehead atoms. The first-order valence-electron chi connectivity index (χ1n) is 8.86. The number of hydrogen-bond acceptors (Lipinski definition) is 6. The molecule has 0 heterocycles. The van der Waals surface area contributed by atoms with Gasteiger partial charge in [0.25, 0.3) is 0 Å². The van der Waals surface area contributed by atoms with Crippen LogP contribution in [0.4, 0.5) is 5.69 Å². The minimum atomic E-state index is -0.464. The monoisotopic (exact) mass is 409 g/mol. The van der Waals surface area contributed by atoms with Crippen molar-refractivity contribution in [2.75, 3.05) is 39.7 Å². The fourth-order valence-electron chi connectivity index (χ4n) is 2.11. The first kappa shape index (κ1) is 23.5. The maximum atomic E-state index is 11.8. The van der Waals surface area contributed by atoms with Crippen LogP contribution in [0.2, 0.25) is 0 Å². The lowest BCUT2D eigenvalue weighted by molar-refractivity contribution is -0.146. The van der Waals surface area contributed by atoms with Gasteiger partial charge in [0.2, 0.25) is 11.8 Å². The number of anilines is 1. The number of ether oxygens (including phenoxy) is 2. The Bertz CT molecular complexity index is 677. The fraction of sp³-hybridized carbons (Fsp3) is 0.474. The van der Waals surface area contributed by atoms with E-state index in [1.54, 1.807) is 19.0 Å². The van der Waals surface area contributed by atoms with E-state index >= 15 is 0 Å². The van der Waals surface area contributed by atoms with E-state index in [0.717, 1.165) is 5.56 Å². The summed E-state index contributed by atoms with van der Waals surface area (Å²) >= 11 is 5.10. The Hall–Kier alpha value is -2.52. The molecule has 0 radical (unpaired) electrons. The molecule has 0 aliphatic rings. The molecule has 0 aromatic heterocycles. The zero-order chi connectivity index (χ0) is 20.9. The van der Waals surface area contributed by atoms with Gasteiger partial charge >= 0.3 is 5.97 Å². The summed E-state index contributed by atoms with van der Waals surface area (Å²) in [5.41, 5.74) is 1.75. The van der Waals surface area contributed by atoms with E-state index in [9.17, 15) is 14.4 Å². The summed E-state index contributed by atoms with van der Waals surface area (Å²) < 4.78 is 9.65. The van der Waals surface area contributed by atoms with Gasteiger partial charge in [-0.25, -0.2) is 0 Å². The summed E-state index contributed by atoms with van der Waals surface area (Å²) in [5.74, 6) is -0.761. The van der Waals surface area contributed by atoms with Crippen LogP contribution >= 0.6 is 12.2 Å². The van der Waals surface area contributed by atoms with Gasteiger partial charge in [0.1, 0.15) is 6.61 Å². The number of nitrogens with zero attached hydrogens (tertiary/aromatic N) is 1. The third-order valence-corrected chi connectivity index (χ3v) is 3.90. The van der Waals surface area contributed by atoms with Crippen LogP contribution in [0.3, 0.4) is 0 Å². The Kier molecular flexibility index (Phi) is 10.7. The van der Waals surface area contributed by atoms with Crippen LogP contribution in [0.5, 0.6) is 0 Å². The first-order valence-corrected chi connectivity index (χ1v) is 9.27. The summed E-state index contributed by atoms with van der Waals surface area (Å²) in [6.07, 6.45) is 1.05. The molecule has 28 heavy (non-hydrogen) atoms. The predicted octanol–water partition coefficient (Wildman–Crippen LogP) is 1.49. The van der Waals surface area contributed by atoms with Gasteiger partial charge in [0.05, 0.1) is 13.0 Å². The van der Waals surface area contributed by atoms with Gasteiger partial charge in [-0.2, -0.15) is 0 Å². The minimum Gasteiger partial charge on any atom is -0.463 e. The van der Waals surface area contributed by atoms with E-state index in [2.05, 4.69) is 10.6 Å². The van der Waals surface area contributed by atoms with Crippen LogP contribution in [0.25, 0.3) is 0 Å². The van der Waals surface area contributed by atoms with Crippen molar-refractivity contribution in [3.05, 3.63) is 29.8 Å². The van der Waals surface area contributed by atoms with E-state index < -0.39 is 5.97 Å². The molecule has 0 fully saturated rings. The summed E-state index contributed by atoms with van der Waals surface area (Å²) in [6.45, 7) is 0.479. The molecule has 1 rings (SSSR count). The van der Waals surface area contributed by atoms with Crippen LogP contribution in [0.15, 0.2) is 24.3 Å². The second-order valence-electron chi connectivity index (χ2n) is 6.20. The molecule has 2 N–H and O–H groups in total. The van der Waals surface area contributed by atoms with Gasteiger partial charge in [-0.15, -0.1) is 0 Å². The summed E-state index contributed by atoms with van der Waals surface area (Å²) in [6, 6.07) is 7.43. The molecule has 0 saturated heterocycles. The molecule has 154 valence electrons. The number of rotatable bonds is 10. The van der Waals surface area contributed by atoms with Crippen molar-refractivity contribution >= 4 is 40.8 Å². The molecule has 0 aliphatic heterocycles. The largest absolute Gasteiger partial charge is 0.463 e. The Morgan fingerprint density at radius 1 is 1.04 bits per heavy atom. The lowest BCUT2D eigenvalue weighted by Gasteiger charge is -2.11. The van der Waals surface area contributed by atoms with E-state index in [4.69, 9.17) is 21.7 Å². The molecule has 0 aliphatic carbocycles. The molecule has 1 aromatic rings. The highest BCUT2D eigenvalue weighted by atomic mass is 32.1. The Morgan fingerprint density at radius 3 is 2.32 bits per heavy atom. The number of thiocarbonyl (C=S) groups is 1. The number of carbonyl (C=O) groups is 3. The molecule has 9 heteroatoms. The summed E-state index contributed by atoms with van der Waals surface area (Å²) in [7, 11) is 4.97. The van der Waals surface area contributed by atoms with Crippen molar-refractivity contribution < 1.29 is 23.9 Å². The highest BCUT2D eigenvalue weighted by Crippen LogP contribution is 2.11. The van der Waals surface area contributed by atoms with Gasteiger partial charge in [-0.05, 0) is 36.3 Å². The molecular formula is C19H27N3O5S. The van der Waals surface area contributed by atoms with Crippen molar-refractivity contribution in [1.82, 2.24) is 10.2 Å². The van der Waals surface area contributed by atoms with Gasteiger partial charge < -0.3 is 25.0 Å². The quantitative estimate of drug-likeness (QED) is 0.343. The van der Waals surface area contributed by atoms with Crippen LogP contribution in [0.1, 0.15) is 24.8 Å². The number of aryl methyl sites for hydroxylation is 1. The zero-order valence-electron chi connectivity index (χ0n) is 16.4. The molecule has 0 saturated carbocycles. The molecule has 0 atom stereocenters. The second-order valence-corrected chi connectivity index (χ2v) is 6.61. The van der Waals surface area contributed by atoms with E-state index in [0.29, 0.717) is 25.1 Å². The van der Waals surface area contributed by atoms with Gasteiger partial charge in [0.15, 0.2) is 5.11 Å². The van der Waals surface area contributed by atoms with Crippen molar-refractivity contribution in [2.45, 2.75) is 25.7 Å². The summed E-state index contributed by atoms with van der Waals surface area (Å²) in [4.78, 5) is 36.4. The number of esters is 1. The highest BCUT2D eigenvalue weighted by Gasteiger charge is 2.10. The molecule has 2 amide bonds. The molecular weight excluding hydrogens is 382 g/mol. The molecule has 8 nitrogen and oxygen atoms in total. The van der Waals surface area contributed by atoms with E-state index in [1.165, 1.54) is 7.11 Å². The minimum absolute atomic E-state index is 0.0214. The van der Waals surface area contributed by atoms with Crippen LogP contribution in [0, 0.1) is 0 Å². The number of amides is 2. The van der Waals surface area contributed by atoms with Crippen LogP contribution < -0.4 is 10.6 Å². The first-order chi connectivity index (χ1) is 13.3. The summed E-state index contributed by atoms with van der Waals surface area (Å²) in [5, 5.41) is 5.57. The van der Waals surface area contributed by atoms with E-state index in [-0.39, 0.29) is 36.4 Å². The normalized spacial score (nSPS) is 10.1. The van der Waals surface area contributed by atoms with Crippen LogP contribution in [-0.4, -0.2) is 62.2 Å². The van der Waals surface area contributed by atoms with Gasteiger partial charge in [0, 0.05) is 39.7 Å².